The fraction of sp³-hybridized carbons (Fsp3) is 0.324. The molecule has 9 heteroatoms. The van der Waals surface area contributed by atoms with Gasteiger partial charge in [0.05, 0.1) is 5.76 Å². The molecular weight excluding hydrogens is 797 g/mol. The molecule has 0 amide bonds. The van der Waals surface area contributed by atoms with E-state index in [4.69, 9.17) is 6.85 Å². The molecule has 0 aliphatic carbocycles. The molecule has 0 saturated carbocycles. The van der Waals surface area contributed by atoms with Gasteiger partial charge in [0.2, 0.25) is 0 Å². The molecule has 0 aliphatic heterocycles. The third-order valence-electron chi connectivity index (χ3n) is 7.28. The summed E-state index contributed by atoms with van der Waals surface area (Å²) in [5.74, 6) is 0.547. The molecule has 2 heterocycles. The number of hydrogen-bond donors (Lipinski definition) is 1. The fourth-order valence-electron chi connectivity index (χ4n) is 4.87. The Morgan fingerprint density at radius 2 is 1.67 bits per heavy atom. The van der Waals surface area contributed by atoms with Crippen LogP contribution in [0.5, 0.6) is 0 Å². The Labute approximate surface area is 276 Å². The Hall–Kier alpha value is -2.83. The molecule has 0 bridgehead atoms. The average Bonchev–Trinajstić information content (AvgIpc) is 3.48. The minimum absolute atomic E-state index is 0. The third kappa shape index (κ3) is 7.82. The number of benzene rings is 3. The summed E-state index contributed by atoms with van der Waals surface area (Å²) in [5, 5.41) is 10.3. The van der Waals surface area contributed by atoms with E-state index >= 15 is 0 Å². The van der Waals surface area contributed by atoms with Crippen molar-refractivity contribution in [2.45, 2.75) is 59.6 Å². The van der Waals surface area contributed by atoms with Gasteiger partial charge in [-0.1, -0.05) is 27.7 Å². The molecule has 1 N–H and O–H groups in total. The van der Waals surface area contributed by atoms with Crippen LogP contribution >= 0.6 is 0 Å². The van der Waals surface area contributed by atoms with Crippen molar-refractivity contribution < 1.29 is 50.0 Å². The Balaban J connectivity index is 0.000000334. The van der Waals surface area contributed by atoms with Crippen molar-refractivity contribution in [2.24, 2.45) is 11.8 Å². The zero-order chi connectivity index (χ0) is 34.8. The van der Waals surface area contributed by atoms with Crippen LogP contribution in [0.4, 0.5) is 13.2 Å². The van der Waals surface area contributed by atoms with E-state index in [1.54, 1.807) is 12.1 Å². The van der Waals surface area contributed by atoms with Gasteiger partial charge in [0.1, 0.15) is 0 Å². The molecule has 0 fully saturated rings. The Morgan fingerprint density at radius 1 is 1.02 bits per heavy atom. The quantitative estimate of drug-likeness (QED) is 0.0557. The standard InChI is InChI=1S/C21H10F3N2Se.C13H24O2.Ir/c22-21(23,24)18-14-7-3-1-5-12(14)9-15-19(25-11-26-20(15)18)17-10-13-6-2-4-8-16(13)27-17;1-5-10(6-2)12(14)9-13(15)11(7-3)8-4;/h1-9,11H;9-11,14H,5-8H2,1-4H3;/q-1;;/b;12-9-;/i2D,4D,6D,8D,11D;;. The number of aliphatic hydroxyl groups is 1. The van der Waals surface area contributed by atoms with Crippen LogP contribution in [0.15, 0.2) is 72.6 Å². The van der Waals surface area contributed by atoms with Gasteiger partial charge in [-0.05, 0) is 25.7 Å². The van der Waals surface area contributed by atoms with Gasteiger partial charge in [-0.25, -0.2) is 0 Å². The van der Waals surface area contributed by atoms with Crippen molar-refractivity contribution in [3.05, 3.63) is 84.3 Å². The predicted molar refractivity (Wildman–Crippen MR) is 165 cm³/mol. The molecule has 0 atom stereocenters. The summed E-state index contributed by atoms with van der Waals surface area (Å²) in [6.07, 6.45) is -0.403. The molecule has 0 aliphatic rings. The topological polar surface area (TPSA) is 63.1 Å². The minimum atomic E-state index is -4.72. The Bertz CT molecular complexity index is 1950. The number of fused-ring (bicyclic) bond motifs is 3. The molecule has 0 unspecified atom stereocenters. The molecule has 2 aromatic heterocycles. The second-order valence-electron chi connectivity index (χ2n) is 9.80. The molecule has 3 aromatic carbocycles. The number of carbonyl (C=O) groups is 1. The van der Waals surface area contributed by atoms with E-state index in [1.807, 2.05) is 27.7 Å². The Kier molecular flexibility index (Phi) is 9.82. The number of hydrogen-bond acceptors (Lipinski definition) is 4. The summed E-state index contributed by atoms with van der Waals surface area (Å²) in [4.78, 5) is 19.6. The normalized spacial score (nSPS) is 13.7. The number of ketones is 1. The smallest absolute Gasteiger partial charge is 0 e. The first-order valence-electron chi connectivity index (χ1n) is 16.3. The number of rotatable bonds is 8. The van der Waals surface area contributed by atoms with E-state index in [-0.39, 0.29) is 83.5 Å². The zero-order valence-electron chi connectivity index (χ0n) is 29.1. The maximum atomic E-state index is 14.1. The zero-order valence-corrected chi connectivity index (χ0v) is 28.2. The first-order chi connectivity index (χ1) is 22.2. The van der Waals surface area contributed by atoms with Gasteiger partial charge in [-0.2, -0.15) is 0 Å². The number of aliphatic hydroxyl groups excluding tert-OH is 1. The van der Waals surface area contributed by atoms with Crippen molar-refractivity contribution in [2.75, 3.05) is 0 Å². The molecule has 229 valence electrons. The molecule has 4 nitrogen and oxygen atoms in total. The van der Waals surface area contributed by atoms with Crippen LogP contribution in [0.1, 0.15) is 65.8 Å². The van der Waals surface area contributed by atoms with Crippen molar-refractivity contribution in [3.63, 3.8) is 0 Å². The number of aromatic nitrogens is 2. The molecule has 0 saturated heterocycles. The molecular formula is C34H34F3IrN2O2Se-. The van der Waals surface area contributed by atoms with E-state index in [2.05, 4.69) is 16.0 Å². The second kappa shape index (κ2) is 15.3. The molecule has 1 radical (unpaired) electrons. The van der Waals surface area contributed by atoms with Gasteiger partial charge in [0.15, 0.2) is 5.78 Å². The van der Waals surface area contributed by atoms with Gasteiger partial charge in [-0.15, -0.1) is 0 Å². The summed E-state index contributed by atoms with van der Waals surface area (Å²) in [7, 11) is 0. The second-order valence-corrected chi connectivity index (χ2v) is 11.9. The summed E-state index contributed by atoms with van der Waals surface area (Å²) < 4.78 is 82.9. The molecule has 0 spiro atoms. The number of allylic oxidation sites excluding steroid dienone is 2. The van der Waals surface area contributed by atoms with Gasteiger partial charge < -0.3 is 5.11 Å². The summed E-state index contributed by atoms with van der Waals surface area (Å²) in [6, 6.07) is 9.26. The number of nitrogens with zero attached hydrogens (tertiary/aromatic N) is 2. The van der Waals surface area contributed by atoms with Gasteiger partial charge in [0.25, 0.3) is 0 Å². The largest absolute Gasteiger partial charge is 0 e. The van der Waals surface area contributed by atoms with Crippen molar-refractivity contribution >= 4 is 51.6 Å². The number of carbonyl (C=O) groups excluding carboxylic acids is 1. The number of halogens is 3. The minimum Gasteiger partial charge on any atom is 0 e. The van der Waals surface area contributed by atoms with Gasteiger partial charge in [-0.3, -0.25) is 4.79 Å². The van der Waals surface area contributed by atoms with E-state index in [1.165, 1.54) is 24.3 Å². The fourth-order valence-corrected chi connectivity index (χ4v) is 6.79. The van der Waals surface area contributed by atoms with Crippen LogP contribution in [-0.4, -0.2) is 35.4 Å². The van der Waals surface area contributed by atoms with Crippen LogP contribution in [0.25, 0.3) is 41.5 Å². The maximum absolute atomic E-state index is 14.1. The van der Waals surface area contributed by atoms with Crippen LogP contribution < -0.4 is 0 Å². The van der Waals surface area contributed by atoms with Crippen LogP contribution in [0.2, 0.25) is 0 Å². The third-order valence-corrected chi connectivity index (χ3v) is 9.40. The van der Waals surface area contributed by atoms with Gasteiger partial charge in [0, 0.05) is 38.0 Å². The molecule has 5 rings (SSSR count). The first-order valence-corrected chi connectivity index (χ1v) is 15.5. The van der Waals surface area contributed by atoms with Crippen molar-refractivity contribution in [3.8, 4) is 10.1 Å². The van der Waals surface area contributed by atoms with E-state index in [0.29, 0.717) is 14.1 Å². The molecule has 5 aromatic rings. The summed E-state index contributed by atoms with van der Waals surface area (Å²) in [5.41, 5.74) is -1.26. The van der Waals surface area contributed by atoms with Crippen LogP contribution in [-0.2, 0) is 31.1 Å². The van der Waals surface area contributed by atoms with E-state index in [9.17, 15) is 23.1 Å². The maximum Gasteiger partial charge on any atom is 0 e. The molecule has 43 heavy (non-hydrogen) atoms. The predicted octanol–water partition coefficient (Wildman–Crippen LogP) is 9.35. The van der Waals surface area contributed by atoms with Crippen LogP contribution in [0.3, 0.4) is 0 Å². The summed E-state index contributed by atoms with van der Waals surface area (Å²) in [6.45, 7) is 8.07. The average molecular weight is 836 g/mol. The van der Waals surface area contributed by atoms with Crippen molar-refractivity contribution in [1.82, 2.24) is 9.97 Å². The van der Waals surface area contributed by atoms with Crippen LogP contribution in [0, 0.1) is 17.9 Å². The summed E-state index contributed by atoms with van der Waals surface area (Å²) >= 11 is -0.691. The van der Waals surface area contributed by atoms with E-state index < -0.39 is 44.1 Å². The van der Waals surface area contributed by atoms with E-state index in [0.717, 1.165) is 25.7 Å². The Morgan fingerprint density at radius 3 is 2.33 bits per heavy atom. The SMILES string of the molecule is CCC(CC)C(=O)/C=C(\O)C(CC)CC.[2H]c1nc(-c2[c-]c3c([2H])c([2H])c([2H])c([2H])c3[se]2)c2cc3ccccc3c(C(F)(F)F)c2n1.[Ir]. The van der Waals surface area contributed by atoms with Crippen molar-refractivity contribution in [1.29, 1.82) is 0 Å². The number of alkyl halides is 3. The monoisotopic (exact) mass is 837 g/mol. The van der Waals surface area contributed by atoms with Gasteiger partial charge >= 0.3 is 165 Å². The first kappa shape index (κ1) is 27.7.